The highest BCUT2D eigenvalue weighted by molar-refractivity contribution is 6.08. The third-order valence-electron chi connectivity index (χ3n) is 6.39. The fourth-order valence-corrected chi connectivity index (χ4v) is 4.68. The molecule has 0 saturated heterocycles. The zero-order valence-electron chi connectivity index (χ0n) is 18.9. The van der Waals surface area contributed by atoms with Crippen LogP contribution in [-0.4, -0.2) is 30.2 Å². The first-order valence-electron chi connectivity index (χ1n) is 11.1. The van der Waals surface area contributed by atoms with Crippen LogP contribution in [0.5, 0.6) is 0 Å². The average Bonchev–Trinajstić information content (AvgIpc) is 3.54. The molecule has 168 valence electrons. The Hall–Kier alpha value is -3.94. The van der Waals surface area contributed by atoms with Crippen molar-refractivity contribution >= 4 is 28.4 Å². The second kappa shape index (κ2) is 8.20. The number of aryl methyl sites for hydroxylation is 1. The number of hydrogen-bond acceptors (Lipinski definition) is 5. The average molecular weight is 442 g/mol. The van der Waals surface area contributed by atoms with Crippen molar-refractivity contribution in [3.8, 4) is 22.4 Å². The van der Waals surface area contributed by atoms with Gasteiger partial charge in [-0.05, 0) is 37.5 Å². The summed E-state index contributed by atoms with van der Waals surface area (Å²) < 4.78 is 4.12. The summed E-state index contributed by atoms with van der Waals surface area (Å²) in [5.74, 6) is 0.242. The predicted molar refractivity (Wildman–Crippen MR) is 131 cm³/mol. The third-order valence-corrected chi connectivity index (χ3v) is 6.39. The van der Waals surface area contributed by atoms with E-state index >= 15 is 0 Å². The fraction of sp³-hybridized carbons (Fsp3) is 0.280. The Morgan fingerprint density at radius 1 is 1.15 bits per heavy atom. The number of nitrogen functional groups attached to an aromatic ring is 1. The van der Waals surface area contributed by atoms with Crippen molar-refractivity contribution in [1.82, 2.24) is 24.3 Å². The van der Waals surface area contributed by atoms with E-state index in [2.05, 4.69) is 37.8 Å². The molecule has 3 heterocycles. The molecule has 1 aliphatic carbocycles. The van der Waals surface area contributed by atoms with E-state index < -0.39 is 0 Å². The van der Waals surface area contributed by atoms with E-state index in [0.717, 1.165) is 46.3 Å². The molecule has 5 rings (SSSR count). The summed E-state index contributed by atoms with van der Waals surface area (Å²) in [6.07, 6.45) is 10.3. The van der Waals surface area contributed by atoms with Gasteiger partial charge in [-0.1, -0.05) is 31.6 Å². The minimum Gasteiger partial charge on any atom is -0.383 e. The molecule has 8 nitrogen and oxygen atoms in total. The van der Waals surface area contributed by atoms with Crippen molar-refractivity contribution in [3.63, 3.8) is 0 Å². The maximum absolute atomic E-state index is 12.0. The molecule has 0 atom stereocenters. The SMILES string of the molecule is C=C(C)C(=O)Nc1ccc(-c2c(-c3cnn(C4CCCC4)c3)c3c(N)ncnc3n2C)cc1. The Kier molecular flexibility index (Phi) is 5.20. The number of rotatable bonds is 5. The van der Waals surface area contributed by atoms with Crippen LogP contribution < -0.4 is 11.1 Å². The number of nitrogens with one attached hydrogen (secondary N) is 1. The highest BCUT2D eigenvalue weighted by atomic mass is 16.1. The van der Waals surface area contributed by atoms with Gasteiger partial charge in [-0.3, -0.25) is 9.48 Å². The number of carbonyl (C=O) groups excluding carboxylic acids is 1. The maximum atomic E-state index is 12.0. The lowest BCUT2D eigenvalue weighted by Gasteiger charge is -2.10. The second-order valence-electron chi connectivity index (χ2n) is 8.70. The van der Waals surface area contributed by atoms with Gasteiger partial charge in [0.2, 0.25) is 0 Å². The van der Waals surface area contributed by atoms with Crippen LogP contribution in [0.15, 0.2) is 55.1 Å². The molecule has 3 N–H and O–H groups in total. The monoisotopic (exact) mass is 441 g/mol. The first kappa shape index (κ1) is 20.9. The van der Waals surface area contributed by atoms with Gasteiger partial charge in [0.25, 0.3) is 5.91 Å². The lowest BCUT2D eigenvalue weighted by Crippen LogP contribution is -2.11. The topological polar surface area (TPSA) is 104 Å². The van der Waals surface area contributed by atoms with E-state index in [1.807, 2.05) is 42.1 Å². The first-order valence-corrected chi connectivity index (χ1v) is 11.1. The molecule has 1 fully saturated rings. The Morgan fingerprint density at radius 2 is 1.88 bits per heavy atom. The smallest absolute Gasteiger partial charge is 0.250 e. The molecule has 0 spiro atoms. The van der Waals surface area contributed by atoms with Crippen molar-refractivity contribution in [1.29, 1.82) is 0 Å². The van der Waals surface area contributed by atoms with Gasteiger partial charge in [0, 0.05) is 35.6 Å². The number of fused-ring (bicyclic) bond motifs is 1. The molecule has 1 saturated carbocycles. The van der Waals surface area contributed by atoms with Gasteiger partial charge in [0.15, 0.2) is 0 Å². The molecule has 3 aromatic heterocycles. The van der Waals surface area contributed by atoms with Crippen LogP contribution in [0.1, 0.15) is 38.6 Å². The van der Waals surface area contributed by atoms with Crippen LogP contribution in [0.25, 0.3) is 33.4 Å². The summed E-state index contributed by atoms with van der Waals surface area (Å²) in [7, 11) is 1.98. The number of nitrogens with two attached hydrogens (primary N) is 1. The second-order valence-corrected chi connectivity index (χ2v) is 8.70. The summed E-state index contributed by atoms with van der Waals surface area (Å²) >= 11 is 0. The van der Waals surface area contributed by atoms with Gasteiger partial charge >= 0.3 is 0 Å². The van der Waals surface area contributed by atoms with E-state index in [4.69, 9.17) is 5.73 Å². The van der Waals surface area contributed by atoms with E-state index in [9.17, 15) is 4.79 Å². The van der Waals surface area contributed by atoms with Crippen LogP contribution in [0.2, 0.25) is 0 Å². The number of nitrogens with zero attached hydrogens (tertiary/aromatic N) is 5. The van der Waals surface area contributed by atoms with Crippen LogP contribution in [0, 0.1) is 0 Å². The van der Waals surface area contributed by atoms with Gasteiger partial charge < -0.3 is 15.6 Å². The van der Waals surface area contributed by atoms with E-state index in [0.29, 0.717) is 23.1 Å². The Labute approximate surface area is 192 Å². The molecule has 1 amide bonds. The summed E-state index contributed by atoms with van der Waals surface area (Å²) in [6.45, 7) is 5.37. The fourth-order valence-electron chi connectivity index (χ4n) is 4.68. The quantitative estimate of drug-likeness (QED) is 0.437. The Bertz CT molecular complexity index is 1360. The van der Waals surface area contributed by atoms with Crippen molar-refractivity contribution in [3.05, 3.63) is 55.1 Å². The maximum Gasteiger partial charge on any atom is 0.250 e. The van der Waals surface area contributed by atoms with E-state index in [-0.39, 0.29) is 5.91 Å². The number of anilines is 2. The molecule has 0 unspecified atom stereocenters. The van der Waals surface area contributed by atoms with Crippen molar-refractivity contribution < 1.29 is 4.79 Å². The lowest BCUT2D eigenvalue weighted by molar-refractivity contribution is -0.112. The van der Waals surface area contributed by atoms with Crippen molar-refractivity contribution in [2.45, 2.75) is 38.6 Å². The molecule has 4 aromatic rings. The molecular weight excluding hydrogens is 414 g/mol. The van der Waals surface area contributed by atoms with Gasteiger partial charge in [0.05, 0.1) is 23.3 Å². The van der Waals surface area contributed by atoms with Crippen molar-refractivity contribution in [2.75, 3.05) is 11.1 Å². The third kappa shape index (κ3) is 3.67. The minimum absolute atomic E-state index is 0.199. The highest BCUT2D eigenvalue weighted by Gasteiger charge is 2.24. The molecular formula is C25H27N7O. The Balaban J connectivity index is 1.63. The number of aromatic nitrogens is 5. The molecule has 0 radical (unpaired) electrons. The normalized spacial score (nSPS) is 14.1. The molecule has 0 aliphatic heterocycles. The summed E-state index contributed by atoms with van der Waals surface area (Å²) in [5, 5.41) is 8.36. The summed E-state index contributed by atoms with van der Waals surface area (Å²) in [6, 6.07) is 8.18. The highest BCUT2D eigenvalue weighted by Crippen LogP contribution is 2.42. The lowest BCUT2D eigenvalue weighted by atomic mass is 10.0. The summed E-state index contributed by atoms with van der Waals surface area (Å²) in [4.78, 5) is 20.7. The van der Waals surface area contributed by atoms with Crippen LogP contribution in [-0.2, 0) is 11.8 Å². The van der Waals surface area contributed by atoms with E-state index in [1.165, 1.54) is 19.2 Å². The van der Waals surface area contributed by atoms with Gasteiger partial charge in [-0.2, -0.15) is 5.10 Å². The number of amides is 1. The first-order chi connectivity index (χ1) is 15.9. The van der Waals surface area contributed by atoms with Crippen LogP contribution >= 0.6 is 0 Å². The van der Waals surface area contributed by atoms with E-state index in [1.54, 1.807) is 6.92 Å². The zero-order valence-corrected chi connectivity index (χ0v) is 18.9. The van der Waals surface area contributed by atoms with Crippen molar-refractivity contribution in [2.24, 2.45) is 7.05 Å². The molecule has 33 heavy (non-hydrogen) atoms. The largest absolute Gasteiger partial charge is 0.383 e. The van der Waals surface area contributed by atoms with Gasteiger partial charge in [-0.25, -0.2) is 9.97 Å². The van der Waals surface area contributed by atoms with Gasteiger partial charge in [0.1, 0.15) is 17.8 Å². The summed E-state index contributed by atoms with van der Waals surface area (Å²) in [5.41, 5.74) is 12.2. The molecule has 1 aromatic carbocycles. The number of carbonyl (C=O) groups is 1. The van der Waals surface area contributed by atoms with Crippen LogP contribution in [0.3, 0.4) is 0 Å². The molecule has 8 heteroatoms. The standard InChI is InChI=1S/C25H27N7O/c1-15(2)25(33)30-18-10-8-16(9-11-18)22-20(21-23(26)27-14-28-24(21)31(22)3)17-12-29-32(13-17)19-6-4-5-7-19/h8-14,19H,1,4-7H2,2-3H3,(H,30,33)(H2,26,27,28). The molecule has 0 bridgehead atoms. The number of benzene rings is 1. The Morgan fingerprint density at radius 3 is 2.58 bits per heavy atom. The van der Waals surface area contributed by atoms with Gasteiger partial charge in [-0.15, -0.1) is 0 Å². The van der Waals surface area contributed by atoms with Crippen LogP contribution in [0.4, 0.5) is 11.5 Å². The number of hydrogen-bond donors (Lipinski definition) is 2. The minimum atomic E-state index is -0.199. The predicted octanol–water partition coefficient (Wildman–Crippen LogP) is 4.71. The molecule has 1 aliphatic rings. The zero-order chi connectivity index (χ0) is 23.1.